The van der Waals surface area contributed by atoms with Crippen LogP contribution < -0.4 is 10.1 Å². The summed E-state index contributed by atoms with van der Waals surface area (Å²) in [5.41, 5.74) is 0.228. The van der Waals surface area contributed by atoms with E-state index >= 15 is 0 Å². The fraction of sp³-hybridized carbons (Fsp3) is 0.605. The Labute approximate surface area is 332 Å². The number of thiazole rings is 1. The zero-order chi connectivity index (χ0) is 42.1. The number of aromatic nitrogens is 4. The predicted molar refractivity (Wildman–Crippen MR) is 198 cm³/mol. The van der Waals surface area contributed by atoms with Crippen LogP contribution in [0.1, 0.15) is 107 Å². The number of likely N-dealkylation sites (N-methyl/N-ethyl adjacent to an activating group) is 1. The molecule has 5 atom stereocenters. The molecular weight excluding hydrogens is 778 g/mol. The van der Waals surface area contributed by atoms with Crippen LogP contribution in [0.2, 0.25) is 0 Å². The van der Waals surface area contributed by atoms with Crippen LogP contribution >= 0.6 is 11.3 Å². The number of unbranched alkanes of at least 4 members (excludes halogenated alkanes) is 1. The molecule has 1 N–H and O–H groups in total. The summed E-state index contributed by atoms with van der Waals surface area (Å²) in [4.78, 5) is 61.7. The summed E-state index contributed by atoms with van der Waals surface area (Å²) >= 11 is 0.825. The van der Waals surface area contributed by atoms with Gasteiger partial charge in [-0.25, -0.2) is 22.9 Å². The highest BCUT2D eigenvalue weighted by atomic mass is 32.1. The Bertz CT molecular complexity index is 1860. The van der Waals surface area contributed by atoms with Crippen LogP contribution in [0.4, 0.5) is 22.0 Å². The minimum absolute atomic E-state index is 0.0146. The summed E-state index contributed by atoms with van der Waals surface area (Å²) in [6.07, 6.45) is 5.55. The van der Waals surface area contributed by atoms with Gasteiger partial charge in [-0.2, -0.15) is 8.78 Å². The molecular formula is C38H50F5N7O6S. The highest BCUT2D eigenvalue weighted by Gasteiger charge is 2.39. The van der Waals surface area contributed by atoms with Gasteiger partial charge in [0.15, 0.2) is 11.8 Å². The maximum Gasteiger partial charge on any atom is 0.363 e. The van der Waals surface area contributed by atoms with Gasteiger partial charge in [-0.1, -0.05) is 45.7 Å². The molecule has 2 aromatic heterocycles. The van der Waals surface area contributed by atoms with Crippen LogP contribution in [0.25, 0.3) is 0 Å². The monoisotopic (exact) mass is 827 g/mol. The van der Waals surface area contributed by atoms with Gasteiger partial charge in [-0.3, -0.25) is 24.0 Å². The van der Waals surface area contributed by atoms with Crippen molar-refractivity contribution in [1.29, 1.82) is 0 Å². The molecule has 314 valence electrons. The van der Waals surface area contributed by atoms with Crippen LogP contribution in [0.15, 0.2) is 11.6 Å². The van der Waals surface area contributed by atoms with Gasteiger partial charge in [0.2, 0.25) is 46.6 Å². The number of halogens is 5. The van der Waals surface area contributed by atoms with Crippen molar-refractivity contribution in [2.75, 3.05) is 20.1 Å². The van der Waals surface area contributed by atoms with Gasteiger partial charge in [-0.05, 0) is 57.5 Å². The zero-order valence-corrected chi connectivity index (χ0v) is 33.9. The topological polar surface area (TPSA) is 149 Å². The van der Waals surface area contributed by atoms with Crippen LogP contribution in [0.5, 0.6) is 5.75 Å². The van der Waals surface area contributed by atoms with E-state index in [0.717, 1.165) is 48.7 Å². The third-order valence-corrected chi connectivity index (χ3v) is 11.1. The van der Waals surface area contributed by atoms with Crippen molar-refractivity contribution in [1.82, 2.24) is 35.1 Å². The van der Waals surface area contributed by atoms with E-state index in [2.05, 4.69) is 25.3 Å². The van der Waals surface area contributed by atoms with Gasteiger partial charge in [-0.15, -0.1) is 16.4 Å². The highest BCUT2D eigenvalue weighted by molar-refractivity contribution is 7.09. The average molecular weight is 828 g/mol. The third-order valence-electron chi connectivity index (χ3n) is 10.2. The number of nitrogens with one attached hydrogen (secondary N) is 1. The molecule has 0 aliphatic carbocycles. The number of ether oxygens (including phenoxy) is 2. The van der Waals surface area contributed by atoms with Gasteiger partial charge >= 0.3 is 11.9 Å². The van der Waals surface area contributed by atoms with Crippen LogP contribution in [0.3, 0.4) is 0 Å². The van der Waals surface area contributed by atoms with E-state index in [0.29, 0.717) is 32.1 Å². The van der Waals surface area contributed by atoms with Crippen molar-refractivity contribution in [2.24, 2.45) is 18.9 Å². The number of carbonyl (C=O) groups is 4. The van der Waals surface area contributed by atoms with E-state index in [1.54, 1.807) is 16.6 Å². The molecule has 1 unspecified atom stereocenters. The first kappa shape index (κ1) is 45.2. The number of piperidine rings is 1. The van der Waals surface area contributed by atoms with Gasteiger partial charge in [0, 0.05) is 44.6 Å². The Balaban J connectivity index is 1.65. The first-order chi connectivity index (χ1) is 26.9. The standard InChI is InChI=1S/C38H50F5N7O6S/c1-8-21(4)33(45-35(52)25-14-10-11-15-48(25)6)37(53)50(16-12-9-13-23-18-49(7)47-46-23)26(20(2)3)17-27(55-22(5)51)36-44-24(19-57-36)38(54)56-34-31(42)29(40)28(39)30(41)32(34)43/h18-21,25-27,33H,8-17H2,1-7H3,(H,45,52)/t21-,25?,26+,27+,33-/m0/s1. The summed E-state index contributed by atoms with van der Waals surface area (Å²) in [7, 11) is 3.65. The molecule has 0 bridgehead atoms. The van der Waals surface area contributed by atoms with E-state index in [1.807, 2.05) is 45.8 Å². The summed E-state index contributed by atoms with van der Waals surface area (Å²) in [6.45, 7) is 9.79. The number of carbonyl (C=O) groups excluding carboxylic acids is 4. The number of nitrogens with zero attached hydrogens (tertiary/aromatic N) is 6. The Hall–Kier alpha value is -4.52. The third kappa shape index (κ3) is 11.3. The minimum Gasteiger partial charge on any atom is -0.455 e. The van der Waals surface area contributed by atoms with Crippen molar-refractivity contribution in [2.45, 2.75) is 110 Å². The lowest BCUT2D eigenvalue weighted by Gasteiger charge is -2.40. The second-order valence-corrected chi connectivity index (χ2v) is 15.6. The second-order valence-electron chi connectivity index (χ2n) is 14.7. The molecule has 1 aliphatic heterocycles. The van der Waals surface area contributed by atoms with Crippen molar-refractivity contribution in [3.8, 4) is 5.75 Å². The van der Waals surface area contributed by atoms with Crippen LogP contribution in [0, 0.1) is 40.9 Å². The first-order valence-corrected chi connectivity index (χ1v) is 19.8. The molecule has 0 radical (unpaired) electrons. The lowest BCUT2D eigenvalue weighted by molar-refractivity contribution is -0.149. The SMILES string of the molecule is CC[C@H](C)[C@H](NC(=O)C1CCCCN1C)C(=O)N(CCCCc1cn(C)nn1)[C@H](C[C@@H](OC(C)=O)c1nc(C(=O)Oc2c(F)c(F)c(F)c(F)c2F)cs1)C(C)C. The smallest absolute Gasteiger partial charge is 0.363 e. The number of aryl methyl sites for hydroxylation is 2. The molecule has 3 aromatic rings. The molecule has 57 heavy (non-hydrogen) atoms. The molecule has 1 aromatic carbocycles. The van der Waals surface area contributed by atoms with Gasteiger partial charge in [0.05, 0.1) is 11.7 Å². The summed E-state index contributed by atoms with van der Waals surface area (Å²) in [6, 6.07) is -1.88. The number of amides is 2. The molecule has 2 amide bonds. The Morgan fingerprint density at radius 2 is 1.67 bits per heavy atom. The number of hydrogen-bond acceptors (Lipinski definition) is 11. The zero-order valence-electron chi connectivity index (χ0n) is 33.1. The Morgan fingerprint density at radius 1 is 1.00 bits per heavy atom. The minimum atomic E-state index is -2.42. The van der Waals surface area contributed by atoms with E-state index in [-0.39, 0.29) is 47.7 Å². The quantitative estimate of drug-likeness (QED) is 0.0400. The predicted octanol–water partition coefficient (Wildman–Crippen LogP) is 6.07. The van der Waals surface area contributed by atoms with Crippen molar-refractivity contribution in [3.63, 3.8) is 0 Å². The highest BCUT2D eigenvalue weighted by Crippen LogP contribution is 2.33. The van der Waals surface area contributed by atoms with Crippen molar-refractivity contribution < 1.29 is 50.6 Å². The van der Waals surface area contributed by atoms with Crippen molar-refractivity contribution >= 4 is 35.1 Å². The summed E-state index contributed by atoms with van der Waals surface area (Å²) in [5, 5.41) is 12.4. The first-order valence-electron chi connectivity index (χ1n) is 19.0. The Kier molecular flexibility index (Phi) is 16.1. The summed E-state index contributed by atoms with van der Waals surface area (Å²) < 4.78 is 81.5. The number of esters is 2. The largest absolute Gasteiger partial charge is 0.455 e. The average Bonchev–Trinajstić information content (AvgIpc) is 3.84. The van der Waals surface area contributed by atoms with Crippen LogP contribution in [-0.4, -0.2) is 91.8 Å². The maximum atomic E-state index is 14.8. The lowest BCUT2D eigenvalue weighted by atomic mass is 9.91. The van der Waals surface area contributed by atoms with Crippen LogP contribution in [-0.2, 0) is 32.6 Å². The van der Waals surface area contributed by atoms with E-state index in [1.165, 1.54) is 0 Å². The summed E-state index contributed by atoms with van der Waals surface area (Å²) in [5.74, 6) is -16.8. The molecule has 1 fully saturated rings. The maximum absolute atomic E-state index is 14.8. The van der Waals surface area contributed by atoms with Gasteiger partial charge in [0.1, 0.15) is 11.0 Å². The molecule has 19 heteroatoms. The molecule has 3 heterocycles. The number of hydrogen-bond donors (Lipinski definition) is 1. The fourth-order valence-electron chi connectivity index (χ4n) is 6.78. The van der Waals surface area contributed by atoms with E-state index < -0.39 is 70.7 Å². The molecule has 13 nitrogen and oxygen atoms in total. The van der Waals surface area contributed by atoms with Gasteiger partial charge < -0.3 is 19.7 Å². The Morgan fingerprint density at radius 3 is 2.25 bits per heavy atom. The number of benzene rings is 1. The second kappa shape index (κ2) is 20.3. The lowest BCUT2D eigenvalue weighted by Crippen LogP contribution is -2.59. The van der Waals surface area contributed by atoms with Gasteiger partial charge in [0.25, 0.3) is 0 Å². The molecule has 0 spiro atoms. The van der Waals surface area contributed by atoms with Crippen molar-refractivity contribution in [3.05, 3.63) is 57.1 Å². The van der Waals surface area contributed by atoms with E-state index in [4.69, 9.17) is 4.74 Å². The molecule has 1 aliphatic rings. The number of likely N-dealkylation sites (tertiary alicyclic amines) is 1. The molecule has 0 saturated carbocycles. The fourth-order valence-corrected chi connectivity index (χ4v) is 7.61. The normalized spacial score (nSPS) is 16.8. The van der Waals surface area contributed by atoms with E-state index in [9.17, 15) is 41.1 Å². The molecule has 1 saturated heterocycles. The number of rotatable bonds is 18. The molecule has 4 rings (SSSR count).